The molecule has 0 rings (SSSR count). The van der Waals surface area contributed by atoms with Crippen molar-refractivity contribution in [1.29, 1.82) is 0 Å². The van der Waals surface area contributed by atoms with Crippen molar-refractivity contribution in [3.8, 4) is 0 Å². The largest absolute Gasteiger partial charge is 0.296 e. The molecule has 1 atom stereocenters. The molecule has 0 heterocycles. The molecule has 0 aromatic carbocycles. The van der Waals surface area contributed by atoms with Gasteiger partial charge in [0.05, 0.1) is 0 Å². The zero-order valence-corrected chi connectivity index (χ0v) is 10.7. The SMILES string of the molecule is CC(C)C(C)CC(=O)NC(=O)C(C)(C)C. The molecule has 0 spiro atoms. The van der Waals surface area contributed by atoms with E-state index in [9.17, 15) is 9.59 Å². The number of imide groups is 1. The summed E-state index contributed by atoms with van der Waals surface area (Å²) in [5, 5.41) is 2.43. The van der Waals surface area contributed by atoms with Crippen LogP contribution in [-0.2, 0) is 9.59 Å². The second-order valence-corrected chi connectivity index (χ2v) is 5.55. The molecule has 0 bridgehead atoms. The minimum Gasteiger partial charge on any atom is -0.296 e. The van der Waals surface area contributed by atoms with Crippen LogP contribution in [0, 0.1) is 17.3 Å². The zero-order chi connectivity index (χ0) is 12.2. The highest BCUT2D eigenvalue weighted by molar-refractivity contribution is 5.97. The smallest absolute Gasteiger partial charge is 0.231 e. The first-order valence-electron chi connectivity index (χ1n) is 5.49. The van der Waals surface area contributed by atoms with Crippen LogP contribution in [0.3, 0.4) is 0 Å². The van der Waals surface area contributed by atoms with E-state index in [1.165, 1.54) is 0 Å². The van der Waals surface area contributed by atoms with Gasteiger partial charge in [0.1, 0.15) is 0 Å². The van der Waals surface area contributed by atoms with Crippen molar-refractivity contribution in [2.24, 2.45) is 17.3 Å². The molecule has 0 radical (unpaired) electrons. The minimum absolute atomic E-state index is 0.170. The van der Waals surface area contributed by atoms with Gasteiger partial charge in [-0.05, 0) is 11.8 Å². The molecule has 0 aliphatic rings. The lowest BCUT2D eigenvalue weighted by Crippen LogP contribution is -2.39. The quantitative estimate of drug-likeness (QED) is 0.782. The van der Waals surface area contributed by atoms with Gasteiger partial charge in [-0.2, -0.15) is 0 Å². The van der Waals surface area contributed by atoms with Crippen LogP contribution in [-0.4, -0.2) is 11.8 Å². The second kappa shape index (κ2) is 5.29. The van der Waals surface area contributed by atoms with Crippen LogP contribution in [0.5, 0.6) is 0 Å². The van der Waals surface area contributed by atoms with E-state index in [2.05, 4.69) is 19.2 Å². The molecule has 0 aliphatic carbocycles. The molecule has 2 amide bonds. The first kappa shape index (κ1) is 14.1. The number of nitrogens with one attached hydrogen (secondary N) is 1. The van der Waals surface area contributed by atoms with E-state index >= 15 is 0 Å². The zero-order valence-electron chi connectivity index (χ0n) is 10.7. The number of amides is 2. The van der Waals surface area contributed by atoms with Gasteiger partial charge in [0, 0.05) is 11.8 Å². The Balaban J connectivity index is 4.11. The highest BCUT2D eigenvalue weighted by Gasteiger charge is 2.23. The third kappa shape index (κ3) is 5.55. The molecular formula is C12H23NO2. The van der Waals surface area contributed by atoms with Crippen molar-refractivity contribution in [3.63, 3.8) is 0 Å². The van der Waals surface area contributed by atoms with E-state index in [0.29, 0.717) is 18.3 Å². The number of carbonyl (C=O) groups excluding carboxylic acids is 2. The van der Waals surface area contributed by atoms with Crippen molar-refractivity contribution < 1.29 is 9.59 Å². The summed E-state index contributed by atoms with van der Waals surface area (Å²) in [5.74, 6) is 0.387. The van der Waals surface area contributed by atoms with Crippen LogP contribution < -0.4 is 5.32 Å². The van der Waals surface area contributed by atoms with Crippen LogP contribution in [0.15, 0.2) is 0 Å². The fourth-order valence-corrected chi connectivity index (χ4v) is 0.893. The topological polar surface area (TPSA) is 46.2 Å². The molecule has 1 N–H and O–H groups in total. The van der Waals surface area contributed by atoms with E-state index in [1.54, 1.807) is 20.8 Å². The molecule has 0 aromatic rings. The maximum Gasteiger partial charge on any atom is 0.231 e. The maximum absolute atomic E-state index is 11.5. The fraction of sp³-hybridized carbons (Fsp3) is 0.833. The maximum atomic E-state index is 11.5. The lowest BCUT2D eigenvalue weighted by Gasteiger charge is -2.19. The molecule has 88 valence electrons. The molecular weight excluding hydrogens is 190 g/mol. The third-order valence-corrected chi connectivity index (χ3v) is 2.58. The fourth-order valence-electron chi connectivity index (χ4n) is 0.893. The van der Waals surface area contributed by atoms with Crippen LogP contribution in [0.1, 0.15) is 48.0 Å². The summed E-state index contributed by atoms with van der Waals surface area (Å²) in [7, 11) is 0. The predicted molar refractivity (Wildman–Crippen MR) is 61.2 cm³/mol. The molecule has 15 heavy (non-hydrogen) atoms. The Kier molecular flexibility index (Phi) is 4.98. The second-order valence-electron chi connectivity index (χ2n) is 5.55. The Morgan fingerprint density at radius 2 is 1.60 bits per heavy atom. The van der Waals surface area contributed by atoms with Gasteiger partial charge in [-0.15, -0.1) is 0 Å². The third-order valence-electron chi connectivity index (χ3n) is 2.58. The molecule has 0 aliphatic heterocycles. The average Bonchev–Trinajstić information content (AvgIpc) is 2.01. The van der Waals surface area contributed by atoms with E-state index in [0.717, 1.165) is 0 Å². The average molecular weight is 213 g/mol. The van der Waals surface area contributed by atoms with E-state index in [4.69, 9.17) is 0 Å². The molecule has 0 saturated heterocycles. The van der Waals surface area contributed by atoms with Crippen LogP contribution in [0.4, 0.5) is 0 Å². The summed E-state index contributed by atoms with van der Waals surface area (Å²) in [6.07, 6.45) is 0.416. The van der Waals surface area contributed by atoms with Crippen LogP contribution in [0.2, 0.25) is 0 Å². The lowest BCUT2D eigenvalue weighted by molar-refractivity contribution is -0.135. The highest BCUT2D eigenvalue weighted by Crippen LogP contribution is 2.15. The van der Waals surface area contributed by atoms with Gasteiger partial charge in [-0.25, -0.2) is 0 Å². The Labute approximate surface area is 92.6 Å². The van der Waals surface area contributed by atoms with Crippen LogP contribution in [0.25, 0.3) is 0 Å². The highest BCUT2D eigenvalue weighted by atomic mass is 16.2. The number of hydrogen-bond donors (Lipinski definition) is 1. The van der Waals surface area contributed by atoms with Crippen molar-refractivity contribution in [1.82, 2.24) is 5.32 Å². The van der Waals surface area contributed by atoms with E-state index in [-0.39, 0.29) is 11.8 Å². The van der Waals surface area contributed by atoms with E-state index < -0.39 is 5.41 Å². The molecule has 0 aromatic heterocycles. The minimum atomic E-state index is -0.503. The van der Waals surface area contributed by atoms with Gasteiger partial charge in [0.2, 0.25) is 11.8 Å². The predicted octanol–water partition coefficient (Wildman–Crippen LogP) is 2.36. The van der Waals surface area contributed by atoms with Crippen molar-refractivity contribution in [2.45, 2.75) is 48.0 Å². The summed E-state index contributed by atoms with van der Waals surface area (Å²) >= 11 is 0. The van der Waals surface area contributed by atoms with Gasteiger partial charge in [0.25, 0.3) is 0 Å². The monoisotopic (exact) mass is 213 g/mol. The van der Waals surface area contributed by atoms with Crippen LogP contribution >= 0.6 is 0 Å². The Morgan fingerprint density at radius 3 is 1.93 bits per heavy atom. The van der Waals surface area contributed by atoms with Crippen molar-refractivity contribution >= 4 is 11.8 Å². The number of carbonyl (C=O) groups is 2. The van der Waals surface area contributed by atoms with Crippen molar-refractivity contribution in [2.75, 3.05) is 0 Å². The molecule has 1 unspecified atom stereocenters. The lowest BCUT2D eigenvalue weighted by atomic mass is 9.93. The summed E-state index contributed by atoms with van der Waals surface area (Å²) in [5.41, 5.74) is -0.503. The summed E-state index contributed by atoms with van der Waals surface area (Å²) in [6, 6.07) is 0. The Morgan fingerprint density at radius 1 is 1.13 bits per heavy atom. The first-order valence-corrected chi connectivity index (χ1v) is 5.49. The summed E-state index contributed by atoms with van der Waals surface area (Å²) in [6.45, 7) is 11.5. The van der Waals surface area contributed by atoms with Gasteiger partial charge in [0.15, 0.2) is 0 Å². The molecule has 0 saturated carbocycles. The summed E-state index contributed by atoms with van der Waals surface area (Å²) < 4.78 is 0. The molecule has 0 fully saturated rings. The Hall–Kier alpha value is -0.860. The number of rotatable bonds is 3. The number of hydrogen-bond acceptors (Lipinski definition) is 2. The first-order chi connectivity index (χ1) is 6.64. The van der Waals surface area contributed by atoms with Gasteiger partial charge < -0.3 is 0 Å². The van der Waals surface area contributed by atoms with Gasteiger partial charge >= 0.3 is 0 Å². The van der Waals surface area contributed by atoms with Gasteiger partial charge in [-0.1, -0.05) is 41.5 Å². The molecule has 3 nitrogen and oxygen atoms in total. The van der Waals surface area contributed by atoms with Crippen molar-refractivity contribution in [3.05, 3.63) is 0 Å². The normalized spacial score (nSPS) is 13.8. The summed E-state index contributed by atoms with van der Waals surface area (Å²) in [4.78, 5) is 23.0. The van der Waals surface area contributed by atoms with Gasteiger partial charge in [-0.3, -0.25) is 14.9 Å². The standard InChI is InChI=1S/C12H23NO2/c1-8(2)9(3)7-10(14)13-11(15)12(4,5)6/h8-9H,7H2,1-6H3,(H,13,14,15). The molecule has 3 heteroatoms. The van der Waals surface area contributed by atoms with E-state index in [1.807, 2.05) is 6.92 Å². The Bertz CT molecular complexity index is 238.